The van der Waals surface area contributed by atoms with Crippen LogP contribution in [0.2, 0.25) is 0 Å². The monoisotopic (exact) mass is 234 g/mol. The Labute approximate surface area is 103 Å². The maximum Gasteiger partial charge on any atom is 0.0819 e. The van der Waals surface area contributed by atoms with Crippen LogP contribution in [0.5, 0.6) is 0 Å². The van der Waals surface area contributed by atoms with Gasteiger partial charge in [0.15, 0.2) is 0 Å². The van der Waals surface area contributed by atoms with E-state index < -0.39 is 5.60 Å². The van der Waals surface area contributed by atoms with Crippen molar-refractivity contribution in [2.24, 2.45) is 0 Å². The first-order valence-corrected chi connectivity index (χ1v) is 6.41. The van der Waals surface area contributed by atoms with Crippen LogP contribution in [0.4, 0.5) is 11.4 Å². The van der Waals surface area contributed by atoms with Crippen LogP contribution in [-0.4, -0.2) is 17.3 Å². The molecule has 0 saturated heterocycles. The van der Waals surface area contributed by atoms with E-state index in [-0.39, 0.29) is 0 Å². The first-order chi connectivity index (χ1) is 8.09. The second-order valence-corrected chi connectivity index (χ2v) is 5.21. The Morgan fingerprint density at radius 2 is 2.00 bits per heavy atom. The molecule has 1 fully saturated rings. The van der Waals surface area contributed by atoms with Gasteiger partial charge in [-0.05, 0) is 43.5 Å². The fourth-order valence-electron chi connectivity index (χ4n) is 2.53. The van der Waals surface area contributed by atoms with Gasteiger partial charge in [-0.1, -0.05) is 19.3 Å². The molecule has 1 aliphatic rings. The fourth-order valence-corrected chi connectivity index (χ4v) is 2.53. The summed E-state index contributed by atoms with van der Waals surface area (Å²) in [6, 6.07) is 5.82. The minimum atomic E-state index is -0.522. The molecule has 17 heavy (non-hydrogen) atoms. The van der Waals surface area contributed by atoms with Gasteiger partial charge in [-0.3, -0.25) is 0 Å². The Kier molecular flexibility index (Phi) is 3.57. The summed E-state index contributed by atoms with van der Waals surface area (Å²) in [7, 11) is 0. The van der Waals surface area contributed by atoms with Crippen LogP contribution in [0.15, 0.2) is 18.2 Å². The summed E-state index contributed by atoms with van der Waals surface area (Å²) in [4.78, 5) is 0. The number of aliphatic hydroxyl groups is 1. The van der Waals surface area contributed by atoms with Gasteiger partial charge in [0.1, 0.15) is 0 Å². The first-order valence-electron chi connectivity index (χ1n) is 6.41. The standard InChI is InChI=1S/C14H22N2O/c1-11-9-12(15)5-6-13(11)16-10-14(17)7-3-2-4-8-14/h5-6,9,16-17H,2-4,7-8,10,15H2,1H3. The number of anilines is 2. The molecule has 1 aromatic carbocycles. The molecule has 1 saturated carbocycles. The maximum absolute atomic E-state index is 10.4. The van der Waals surface area contributed by atoms with E-state index in [1.54, 1.807) is 0 Å². The number of nitrogen functional groups attached to an aromatic ring is 1. The van der Waals surface area contributed by atoms with Crippen LogP contribution in [-0.2, 0) is 0 Å². The third kappa shape index (κ3) is 3.13. The van der Waals surface area contributed by atoms with Gasteiger partial charge in [-0.15, -0.1) is 0 Å². The lowest BCUT2D eigenvalue weighted by molar-refractivity contribution is 0.0167. The van der Waals surface area contributed by atoms with Gasteiger partial charge in [-0.25, -0.2) is 0 Å². The average molecular weight is 234 g/mol. The molecule has 0 heterocycles. The molecule has 1 aromatic rings. The van der Waals surface area contributed by atoms with E-state index in [9.17, 15) is 5.11 Å². The number of benzene rings is 1. The highest BCUT2D eigenvalue weighted by Gasteiger charge is 2.28. The van der Waals surface area contributed by atoms with Crippen molar-refractivity contribution in [3.05, 3.63) is 23.8 Å². The zero-order valence-corrected chi connectivity index (χ0v) is 10.5. The van der Waals surface area contributed by atoms with Gasteiger partial charge in [-0.2, -0.15) is 0 Å². The molecule has 0 radical (unpaired) electrons. The van der Waals surface area contributed by atoms with Crippen molar-refractivity contribution >= 4 is 11.4 Å². The molecule has 0 unspecified atom stereocenters. The van der Waals surface area contributed by atoms with Gasteiger partial charge in [0, 0.05) is 17.9 Å². The van der Waals surface area contributed by atoms with Crippen LogP contribution in [0, 0.1) is 6.92 Å². The van der Waals surface area contributed by atoms with E-state index in [0.29, 0.717) is 6.54 Å². The van der Waals surface area contributed by atoms with Crippen molar-refractivity contribution in [1.82, 2.24) is 0 Å². The minimum absolute atomic E-state index is 0.522. The normalized spacial score (nSPS) is 18.9. The second kappa shape index (κ2) is 4.96. The highest BCUT2D eigenvalue weighted by Crippen LogP contribution is 2.28. The topological polar surface area (TPSA) is 58.3 Å². The van der Waals surface area contributed by atoms with Crippen LogP contribution < -0.4 is 11.1 Å². The molecule has 94 valence electrons. The van der Waals surface area contributed by atoms with Crippen LogP contribution in [0.25, 0.3) is 0 Å². The Bertz CT molecular complexity index is 384. The Balaban J connectivity index is 1.97. The lowest BCUT2D eigenvalue weighted by Crippen LogP contribution is -2.38. The lowest BCUT2D eigenvalue weighted by Gasteiger charge is -2.32. The molecule has 0 amide bonds. The molecule has 3 nitrogen and oxygen atoms in total. The van der Waals surface area contributed by atoms with Crippen molar-refractivity contribution in [2.45, 2.75) is 44.6 Å². The molecule has 0 aromatic heterocycles. The van der Waals surface area contributed by atoms with E-state index in [2.05, 4.69) is 5.32 Å². The third-order valence-corrected chi connectivity index (χ3v) is 3.64. The molecular weight excluding hydrogens is 212 g/mol. The lowest BCUT2D eigenvalue weighted by atomic mass is 9.85. The molecule has 0 spiro atoms. The zero-order valence-electron chi connectivity index (χ0n) is 10.5. The largest absolute Gasteiger partial charge is 0.399 e. The predicted octanol–water partition coefficient (Wildman–Crippen LogP) is 2.68. The van der Waals surface area contributed by atoms with Gasteiger partial charge in [0.2, 0.25) is 0 Å². The molecule has 1 aliphatic carbocycles. The number of rotatable bonds is 3. The molecule has 0 bridgehead atoms. The van der Waals surface area contributed by atoms with Crippen molar-refractivity contribution in [3.63, 3.8) is 0 Å². The van der Waals surface area contributed by atoms with E-state index in [1.165, 1.54) is 6.42 Å². The molecule has 2 rings (SSSR count). The van der Waals surface area contributed by atoms with Crippen molar-refractivity contribution in [3.8, 4) is 0 Å². The number of aryl methyl sites for hydroxylation is 1. The Morgan fingerprint density at radius 1 is 1.29 bits per heavy atom. The van der Waals surface area contributed by atoms with Gasteiger partial charge in [0.05, 0.1) is 5.60 Å². The Morgan fingerprint density at radius 3 is 2.65 bits per heavy atom. The van der Waals surface area contributed by atoms with Gasteiger partial charge >= 0.3 is 0 Å². The summed E-state index contributed by atoms with van der Waals surface area (Å²) in [5.41, 5.74) is 8.17. The number of nitrogens with one attached hydrogen (secondary N) is 1. The van der Waals surface area contributed by atoms with Crippen molar-refractivity contribution in [1.29, 1.82) is 0 Å². The summed E-state index contributed by atoms with van der Waals surface area (Å²) in [6.45, 7) is 2.67. The highest BCUT2D eigenvalue weighted by atomic mass is 16.3. The van der Waals surface area contributed by atoms with Crippen LogP contribution in [0.3, 0.4) is 0 Å². The summed E-state index contributed by atoms with van der Waals surface area (Å²) >= 11 is 0. The van der Waals surface area contributed by atoms with Crippen LogP contribution in [0.1, 0.15) is 37.7 Å². The summed E-state index contributed by atoms with van der Waals surface area (Å²) in [6.07, 6.45) is 5.35. The molecule has 4 N–H and O–H groups in total. The van der Waals surface area contributed by atoms with Crippen molar-refractivity contribution in [2.75, 3.05) is 17.6 Å². The number of nitrogens with two attached hydrogens (primary N) is 1. The maximum atomic E-state index is 10.4. The quantitative estimate of drug-likeness (QED) is 0.705. The number of hydrogen-bond donors (Lipinski definition) is 3. The molecule has 0 atom stereocenters. The predicted molar refractivity (Wildman–Crippen MR) is 72.1 cm³/mol. The molecule has 0 aliphatic heterocycles. The molecule has 3 heteroatoms. The summed E-state index contributed by atoms with van der Waals surface area (Å²) < 4.78 is 0. The van der Waals surface area contributed by atoms with Crippen LogP contribution >= 0.6 is 0 Å². The fraction of sp³-hybridized carbons (Fsp3) is 0.571. The average Bonchev–Trinajstić information content (AvgIpc) is 2.29. The van der Waals surface area contributed by atoms with Gasteiger partial charge in [0.25, 0.3) is 0 Å². The Hall–Kier alpha value is -1.22. The summed E-state index contributed by atoms with van der Waals surface area (Å²) in [5.74, 6) is 0. The third-order valence-electron chi connectivity index (χ3n) is 3.64. The molecular formula is C14H22N2O. The van der Waals surface area contributed by atoms with Crippen molar-refractivity contribution < 1.29 is 5.11 Å². The SMILES string of the molecule is Cc1cc(N)ccc1NCC1(O)CCCCC1. The van der Waals surface area contributed by atoms with E-state index in [1.807, 2.05) is 25.1 Å². The number of hydrogen-bond acceptors (Lipinski definition) is 3. The smallest absolute Gasteiger partial charge is 0.0819 e. The zero-order chi connectivity index (χ0) is 12.3. The van der Waals surface area contributed by atoms with E-state index in [4.69, 9.17) is 5.73 Å². The highest BCUT2D eigenvalue weighted by molar-refractivity contribution is 5.57. The second-order valence-electron chi connectivity index (χ2n) is 5.21. The summed E-state index contributed by atoms with van der Waals surface area (Å²) in [5, 5.41) is 13.7. The van der Waals surface area contributed by atoms with Gasteiger partial charge < -0.3 is 16.2 Å². The van der Waals surface area contributed by atoms with E-state index >= 15 is 0 Å². The first kappa shape index (κ1) is 12.2. The van der Waals surface area contributed by atoms with E-state index in [0.717, 1.165) is 42.6 Å². The minimum Gasteiger partial charge on any atom is -0.399 e.